The molecule has 1 amide bonds. The van der Waals surface area contributed by atoms with E-state index in [0.29, 0.717) is 11.4 Å². The van der Waals surface area contributed by atoms with Crippen LogP contribution in [0.15, 0.2) is 58.3 Å². The SMILES string of the molecule is CSCCC(NS(=O)(=O)c1ccccc1F)C(=O)Nc1cccc(SC)c1. The first-order chi connectivity index (χ1) is 12.9. The summed E-state index contributed by atoms with van der Waals surface area (Å²) in [5.41, 5.74) is 0.575. The van der Waals surface area contributed by atoms with Crippen molar-refractivity contribution in [3.63, 3.8) is 0 Å². The van der Waals surface area contributed by atoms with E-state index in [9.17, 15) is 17.6 Å². The molecule has 0 heterocycles. The Hall–Kier alpha value is -1.55. The highest BCUT2D eigenvalue weighted by Gasteiger charge is 2.27. The third-order valence-electron chi connectivity index (χ3n) is 3.69. The molecule has 2 rings (SSSR count). The molecule has 146 valence electrons. The number of hydrogen-bond donors (Lipinski definition) is 2. The van der Waals surface area contributed by atoms with Gasteiger partial charge in [-0.1, -0.05) is 18.2 Å². The number of anilines is 1. The molecule has 0 fully saturated rings. The van der Waals surface area contributed by atoms with Gasteiger partial charge in [0, 0.05) is 10.6 Å². The maximum Gasteiger partial charge on any atom is 0.244 e. The van der Waals surface area contributed by atoms with E-state index >= 15 is 0 Å². The first kappa shape index (κ1) is 21.7. The topological polar surface area (TPSA) is 75.3 Å². The Balaban J connectivity index is 2.21. The fourth-order valence-corrected chi connectivity index (χ4v) is 4.56. The van der Waals surface area contributed by atoms with Crippen LogP contribution < -0.4 is 10.0 Å². The molecule has 0 bridgehead atoms. The molecule has 2 N–H and O–H groups in total. The highest BCUT2D eigenvalue weighted by molar-refractivity contribution is 7.98. The van der Waals surface area contributed by atoms with Crippen LogP contribution in [0.3, 0.4) is 0 Å². The number of amides is 1. The van der Waals surface area contributed by atoms with Gasteiger partial charge in [-0.2, -0.15) is 16.5 Å². The van der Waals surface area contributed by atoms with Crippen molar-refractivity contribution in [1.29, 1.82) is 0 Å². The Kier molecular flexibility index (Phi) is 8.15. The van der Waals surface area contributed by atoms with Gasteiger partial charge in [0.2, 0.25) is 15.9 Å². The highest BCUT2D eigenvalue weighted by atomic mass is 32.2. The summed E-state index contributed by atoms with van der Waals surface area (Å²) in [7, 11) is -4.17. The Morgan fingerprint density at radius 2 is 1.89 bits per heavy atom. The molecule has 0 spiro atoms. The van der Waals surface area contributed by atoms with Gasteiger partial charge in [-0.3, -0.25) is 4.79 Å². The summed E-state index contributed by atoms with van der Waals surface area (Å²) < 4.78 is 41.3. The van der Waals surface area contributed by atoms with Crippen molar-refractivity contribution in [3.05, 3.63) is 54.3 Å². The average molecular weight is 429 g/mol. The van der Waals surface area contributed by atoms with Crippen molar-refractivity contribution < 1.29 is 17.6 Å². The lowest BCUT2D eigenvalue weighted by Crippen LogP contribution is -2.44. The Labute approximate surface area is 167 Å². The number of carbonyl (C=O) groups excluding carboxylic acids is 1. The van der Waals surface area contributed by atoms with Gasteiger partial charge >= 0.3 is 0 Å². The van der Waals surface area contributed by atoms with Crippen LogP contribution in [0.25, 0.3) is 0 Å². The van der Waals surface area contributed by atoms with Crippen molar-refractivity contribution in [2.75, 3.05) is 23.6 Å². The number of benzene rings is 2. The molecular formula is C18H21FN2O3S3. The lowest BCUT2D eigenvalue weighted by atomic mass is 10.2. The van der Waals surface area contributed by atoms with Gasteiger partial charge in [0.1, 0.15) is 16.8 Å². The maximum absolute atomic E-state index is 13.9. The van der Waals surface area contributed by atoms with Crippen LogP contribution in [-0.2, 0) is 14.8 Å². The van der Waals surface area contributed by atoms with Gasteiger partial charge in [0.15, 0.2) is 0 Å². The number of rotatable bonds is 9. The number of halogens is 1. The molecule has 0 aromatic heterocycles. The van der Waals surface area contributed by atoms with Crippen molar-refractivity contribution in [2.24, 2.45) is 0 Å². The van der Waals surface area contributed by atoms with E-state index in [1.807, 2.05) is 24.6 Å². The molecule has 0 saturated heterocycles. The molecule has 2 aromatic carbocycles. The quantitative estimate of drug-likeness (QED) is 0.597. The van der Waals surface area contributed by atoms with E-state index < -0.39 is 32.7 Å². The second-order valence-corrected chi connectivity index (χ2v) is 9.15. The molecule has 1 atom stereocenters. The zero-order valence-electron chi connectivity index (χ0n) is 14.9. The van der Waals surface area contributed by atoms with E-state index in [1.165, 1.54) is 41.7 Å². The third kappa shape index (κ3) is 6.24. The minimum Gasteiger partial charge on any atom is -0.325 e. The van der Waals surface area contributed by atoms with Crippen LogP contribution in [0, 0.1) is 5.82 Å². The zero-order valence-corrected chi connectivity index (χ0v) is 17.4. The number of carbonyl (C=O) groups is 1. The standard InChI is InChI=1S/C18H21FN2O3S3/c1-25-11-10-16(18(22)20-13-6-5-7-14(12-13)26-2)21-27(23,24)17-9-4-3-8-15(17)19/h3-9,12,16,21H,10-11H2,1-2H3,(H,20,22). The smallest absolute Gasteiger partial charge is 0.244 e. The molecule has 1 unspecified atom stereocenters. The average Bonchev–Trinajstić information content (AvgIpc) is 2.65. The van der Waals surface area contributed by atoms with Gasteiger partial charge in [0.25, 0.3) is 0 Å². The summed E-state index contributed by atoms with van der Waals surface area (Å²) in [5.74, 6) is -0.771. The second kappa shape index (κ2) is 10.1. The fraction of sp³-hybridized carbons (Fsp3) is 0.278. The summed E-state index contributed by atoms with van der Waals surface area (Å²) >= 11 is 3.03. The summed E-state index contributed by atoms with van der Waals surface area (Å²) in [6.45, 7) is 0. The first-order valence-electron chi connectivity index (χ1n) is 8.08. The number of nitrogens with one attached hydrogen (secondary N) is 2. The van der Waals surface area contributed by atoms with Gasteiger partial charge < -0.3 is 5.32 Å². The second-order valence-electron chi connectivity index (χ2n) is 5.61. The van der Waals surface area contributed by atoms with Gasteiger partial charge in [-0.25, -0.2) is 12.8 Å². The van der Waals surface area contributed by atoms with Gasteiger partial charge in [-0.15, -0.1) is 11.8 Å². The van der Waals surface area contributed by atoms with E-state index in [-0.39, 0.29) is 6.42 Å². The summed E-state index contributed by atoms with van der Waals surface area (Å²) in [6, 6.07) is 11.3. The van der Waals surface area contributed by atoms with Crippen LogP contribution >= 0.6 is 23.5 Å². The van der Waals surface area contributed by atoms with Crippen molar-refractivity contribution in [2.45, 2.75) is 22.3 Å². The first-order valence-corrected chi connectivity index (χ1v) is 12.2. The molecule has 0 aliphatic rings. The number of hydrogen-bond acceptors (Lipinski definition) is 5. The Morgan fingerprint density at radius 3 is 2.56 bits per heavy atom. The highest BCUT2D eigenvalue weighted by Crippen LogP contribution is 2.20. The van der Waals surface area contributed by atoms with Crippen molar-refractivity contribution >= 4 is 45.1 Å². The predicted octanol–water partition coefficient (Wildman–Crippen LogP) is 3.59. The van der Waals surface area contributed by atoms with Crippen LogP contribution in [0.2, 0.25) is 0 Å². The summed E-state index contributed by atoms with van der Waals surface area (Å²) in [5, 5.41) is 2.73. The molecule has 0 aliphatic carbocycles. The normalized spacial score (nSPS) is 12.6. The van der Waals surface area contributed by atoms with Gasteiger partial charge in [-0.05, 0) is 55.0 Å². The molecule has 9 heteroatoms. The zero-order chi connectivity index (χ0) is 19.9. The Morgan fingerprint density at radius 1 is 1.15 bits per heavy atom. The van der Waals surface area contributed by atoms with Crippen molar-refractivity contribution in [3.8, 4) is 0 Å². The van der Waals surface area contributed by atoms with Gasteiger partial charge in [0.05, 0.1) is 0 Å². The maximum atomic E-state index is 13.9. The minimum absolute atomic E-state index is 0.281. The van der Waals surface area contributed by atoms with Crippen LogP contribution in [0.5, 0.6) is 0 Å². The molecule has 0 saturated carbocycles. The molecule has 0 radical (unpaired) electrons. The van der Waals surface area contributed by atoms with E-state index in [4.69, 9.17) is 0 Å². The molecule has 2 aromatic rings. The van der Waals surface area contributed by atoms with Crippen molar-refractivity contribution in [1.82, 2.24) is 4.72 Å². The predicted molar refractivity (Wildman–Crippen MR) is 110 cm³/mol. The summed E-state index contributed by atoms with van der Waals surface area (Å²) in [4.78, 5) is 13.2. The molecular weight excluding hydrogens is 407 g/mol. The van der Waals surface area contributed by atoms with Crippen LogP contribution in [0.4, 0.5) is 10.1 Å². The number of sulfonamides is 1. The third-order valence-corrected chi connectivity index (χ3v) is 6.56. The molecule has 27 heavy (non-hydrogen) atoms. The van der Waals surface area contributed by atoms with E-state index in [0.717, 1.165) is 11.0 Å². The summed E-state index contributed by atoms with van der Waals surface area (Å²) in [6.07, 6.45) is 4.07. The molecule has 0 aliphatic heterocycles. The minimum atomic E-state index is -4.17. The largest absolute Gasteiger partial charge is 0.325 e. The lowest BCUT2D eigenvalue weighted by molar-refractivity contribution is -0.117. The van der Waals surface area contributed by atoms with E-state index in [1.54, 1.807) is 12.1 Å². The lowest BCUT2D eigenvalue weighted by Gasteiger charge is -2.18. The molecule has 5 nitrogen and oxygen atoms in total. The van der Waals surface area contributed by atoms with E-state index in [2.05, 4.69) is 10.0 Å². The van der Waals surface area contributed by atoms with Crippen LogP contribution in [-0.4, -0.2) is 38.6 Å². The fourth-order valence-electron chi connectivity index (χ4n) is 2.32. The Bertz CT molecular complexity index is 891. The van der Waals surface area contributed by atoms with Crippen LogP contribution in [0.1, 0.15) is 6.42 Å². The monoisotopic (exact) mass is 428 g/mol. The number of thioether (sulfide) groups is 2.